The van der Waals surface area contributed by atoms with Gasteiger partial charge in [0.05, 0.1) is 0 Å². The summed E-state index contributed by atoms with van der Waals surface area (Å²) in [7, 11) is 0. The third kappa shape index (κ3) is 5.16. The van der Waals surface area contributed by atoms with Crippen molar-refractivity contribution in [1.29, 1.82) is 0 Å². The van der Waals surface area contributed by atoms with Crippen molar-refractivity contribution in [3.8, 4) is 0 Å². The average molecular weight is 288 g/mol. The van der Waals surface area contributed by atoms with Crippen LogP contribution in [0.5, 0.6) is 0 Å². The van der Waals surface area contributed by atoms with E-state index in [1.54, 1.807) is 0 Å². The third-order valence-corrected chi connectivity index (χ3v) is 4.08. The van der Waals surface area contributed by atoms with Gasteiger partial charge in [-0.05, 0) is 30.9 Å². The summed E-state index contributed by atoms with van der Waals surface area (Å²) in [5.41, 5.74) is 1.08. The maximum absolute atomic E-state index is 12.0. The summed E-state index contributed by atoms with van der Waals surface area (Å²) in [6, 6.07) is 10.6. The number of benzene rings is 1. The molecule has 1 N–H and O–H groups in total. The summed E-state index contributed by atoms with van der Waals surface area (Å²) in [5, 5.41) is 3.11. The maximum atomic E-state index is 12.0. The van der Waals surface area contributed by atoms with E-state index in [1.807, 2.05) is 20.8 Å². The number of likely N-dealkylation sites (tertiary alicyclic amines) is 1. The molecule has 1 aliphatic rings. The Balaban J connectivity index is 1.80. The zero-order chi connectivity index (χ0) is 15.3. The largest absolute Gasteiger partial charge is 0.355 e. The molecule has 3 nitrogen and oxygen atoms in total. The fourth-order valence-corrected chi connectivity index (χ4v) is 2.81. The second-order valence-electron chi connectivity index (χ2n) is 7.19. The predicted octanol–water partition coefficient (Wildman–Crippen LogP) is 3.06. The predicted molar refractivity (Wildman–Crippen MR) is 86.9 cm³/mol. The summed E-state index contributed by atoms with van der Waals surface area (Å²) in [6.45, 7) is 9.96. The highest BCUT2D eigenvalue weighted by molar-refractivity contribution is 5.81. The Bertz CT molecular complexity index is 450. The fourth-order valence-electron chi connectivity index (χ4n) is 2.81. The van der Waals surface area contributed by atoms with Gasteiger partial charge in [0.2, 0.25) is 5.91 Å². The number of hydrogen-bond acceptors (Lipinski definition) is 2. The van der Waals surface area contributed by atoms with Crippen LogP contribution >= 0.6 is 0 Å². The fraction of sp³-hybridized carbons (Fsp3) is 0.611. The van der Waals surface area contributed by atoms with Crippen LogP contribution in [-0.2, 0) is 11.3 Å². The van der Waals surface area contributed by atoms with Crippen molar-refractivity contribution in [2.45, 2.75) is 40.2 Å². The monoisotopic (exact) mass is 288 g/mol. The smallest absolute Gasteiger partial charge is 0.225 e. The average Bonchev–Trinajstić information content (AvgIpc) is 2.45. The first kappa shape index (κ1) is 16.0. The number of carbonyl (C=O) groups is 1. The molecule has 1 aliphatic heterocycles. The van der Waals surface area contributed by atoms with E-state index in [0.717, 1.165) is 19.6 Å². The lowest BCUT2D eigenvalue weighted by Gasteiger charge is -2.33. The number of piperidine rings is 1. The van der Waals surface area contributed by atoms with Gasteiger partial charge in [0.15, 0.2) is 0 Å². The van der Waals surface area contributed by atoms with Crippen LogP contribution in [0.25, 0.3) is 0 Å². The van der Waals surface area contributed by atoms with Crippen molar-refractivity contribution in [1.82, 2.24) is 10.2 Å². The Labute approximate surface area is 128 Å². The van der Waals surface area contributed by atoms with Crippen LogP contribution in [-0.4, -0.2) is 30.4 Å². The van der Waals surface area contributed by atoms with Crippen LogP contribution < -0.4 is 5.32 Å². The minimum atomic E-state index is -0.293. The van der Waals surface area contributed by atoms with Crippen LogP contribution in [0.3, 0.4) is 0 Å². The summed E-state index contributed by atoms with van der Waals surface area (Å²) >= 11 is 0. The molecule has 0 radical (unpaired) electrons. The van der Waals surface area contributed by atoms with Crippen molar-refractivity contribution in [2.24, 2.45) is 11.3 Å². The first-order chi connectivity index (χ1) is 9.95. The second-order valence-corrected chi connectivity index (χ2v) is 7.19. The molecule has 1 heterocycles. The number of nitrogens with one attached hydrogen (secondary N) is 1. The molecule has 3 heteroatoms. The number of carbonyl (C=O) groups excluding carboxylic acids is 1. The van der Waals surface area contributed by atoms with Crippen LogP contribution in [0.1, 0.15) is 39.2 Å². The molecule has 0 aromatic heterocycles. The highest BCUT2D eigenvalue weighted by atomic mass is 16.2. The summed E-state index contributed by atoms with van der Waals surface area (Å²) in [4.78, 5) is 14.5. The molecule has 0 saturated carbocycles. The molecule has 1 fully saturated rings. The van der Waals surface area contributed by atoms with Crippen LogP contribution in [0.15, 0.2) is 30.3 Å². The maximum Gasteiger partial charge on any atom is 0.225 e. The molecule has 0 spiro atoms. The molecule has 2 rings (SSSR count). The van der Waals surface area contributed by atoms with Gasteiger partial charge in [0.1, 0.15) is 0 Å². The Morgan fingerprint density at radius 2 is 2.00 bits per heavy atom. The molecule has 1 amide bonds. The van der Waals surface area contributed by atoms with Crippen molar-refractivity contribution in [2.75, 3.05) is 19.6 Å². The van der Waals surface area contributed by atoms with Crippen LogP contribution in [0.4, 0.5) is 0 Å². The molecule has 1 aromatic carbocycles. The zero-order valence-electron chi connectivity index (χ0n) is 13.6. The molecule has 21 heavy (non-hydrogen) atoms. The minimum absolute atomic E-state index is 0.155. The Morgan fingerprint density at radius 3 is 2.67 bits per heavy atom. The lowest BCUT2D eigenvalue weighted by atomic mass is 9.94. The first-order valence-corrected chi connectivity index (χ1v) is 8.00. The topological polar surface area (TPSA) is 32.3 Å². The van der Waals surface area contributed by atoms with Crippen molar-refractivity contribution in [3.63, 3.8) is 0 Å². The Hall–Kier alpha value is -1.35. The number of rotatable bonds is 4. The summed E-state index contributed by atoms with van der Waals surface area (Å²) < 4.78 is 0. The lowest BCUT2D eigenvalue weighted by Crippen LogP contribution is -2.43. The third-order valence-electron chi connectivity index (χ3n) is 4.08. The standard InChI is InChI=1S/C18H28N2O/c1-18(2,3)17(21)19-12-16-10-7-11-20(14-16)13-15-8-5-4-6-9-15/h4-6,8-9,16H,7,10-14H2,1-3H3,(H,19,21)/t16-/m1/s1. The lowest BCUT2D eigenvalue weighted by molar-refractivity contribution is -0.128. The highest BCUT2D eigenvalue weighted by Gasteiger charge is 2.24. The van der Waals surface area contributed by atoms with Crippen LogP contribution in [0, 0.1) is 11.3 Å². The van der Waals surface area contributed by atoms with Gasteiger partial charge in [0.25, 0.3) is 0 Å². The van der Waals surface area contributed by atoms with E-state index in [2.05, 4.69) is 40.5 Å². The summed E-state index contributed by atoms with van der Waals surface area (Å²) in [6.07, 6.45) is 2.44. The van der Waals surface area contributed by atoms with Gasteiger partial charge in [-0.2, -0.15) is 0 Å². The first-order valence-electron chi connectivity index (χ1n) is 8.00. The molecule has 116 valence electrons. The van der Waals surface area contributed by atoms with Gasteiger partial charge in [-0.25, -0.2) is 0 Å². The van der Waals surface area contributed by atoms with E-state index in [1.165, 1.54) is 24.9 Å². The van der Waals surface area contributed by atoms with Crippen molar-refractivity contribution in [3.05, 3.63) is 35.9 Å². The second kappa shape index (κ2) is 7.08. The van der Waals surface area contributed by atoms with Gasteiger partial charge < -0.3 is 5.32 Å². The zero-order valence-corrected chi connectivity index (χ0v) is 13.6. The Morgan fingerprint density at radius 1 is 1.29 bits per heavy atom. The van der Waals surface area contributed by atoms with E-state index < -0.39 is 0 Å². The number of amides is 1. The summed E-state index contributed by atoms with van der Waals surface area (Å²) in [5.74, 6) is 0.733. The molecular weight excluding hydrogens is 260 g/mol. The molecule has 1 saturated heterocycles. The van der Waals surface area contributed by atoms with E-state index >= 15 is 0 Å². The molecule has 1 aromatic rings. The van der Waals surface area contributed by atoms with Crippen molar-refractivity contribution >= 4 is 5.91 Å². The highest BCUT2D eigenvalue weighted by Crippen LogP contribution is 2.19. The van der Waals surface area contributed by atoms with Crippen molar-refractivity contribution < 1.29 is 4.79 Å². The van der Waals surface area contributed by atoms with Gasteiger partial charge in [-0.3, -0.25) is 9.69 Å². The van der Waals surface area contributed by atoms with E-state index in [-0.39, 0.29) is 11.3 Å². The van der Waals surface area contributed by atoms with Gasteiger partial charge in [-0.15, -0.1) is 0 Å². The number of hydrogen-bond donors (Lipinski definition) is 1. The number of nitrogens with zero attached hydrogens (tertiary/aromatic N) is 1. The molecule has 0 bridgehead atoms. The molecule has 0 unspecified atom stereocenters. The SMILES string of the molecule is CC(C)(C)C(=O)NC[C@H]1CCCN(Cc2ccccc2)C1. The minimum Gasteiger partial charge on any atom is -0.355 e. The van der Waals surface area contributed by atoms with E-state index in [9.17, 15) is 4.79 Å². The quantitative estimate of drug-likeness (QED) is 0.923. The van der Waals surface area contributed by atoms with Gasteiger partial charge >= 0.3 is 0 Å². The Kier molecular flexibility index (Phi) is 5.40. The molecule has 0 aliphatic carbocycles. The van der Waals surface area contributed by atoms with Crippen LogP contribution in [0.2, 0.25) is 0 Å². The molecule has 1 atom stereocenters. The normalized spacial score (nSPS) is 20.2. The van der Waals surface area contributed by atoms with Gasteiger partial charge in [0, 0.05) is 25.0 Å². The van der Waals surface area contributed by atoms with Gasteiger partial charge in [-0.1, -0.05) is 51.1 Å². The molecular formula is C18H28N2O. The van der Waals surface area contributed by atoms with E-state index in [4.69, 9.17) is 0 Å². The van der Waals surface area contributed by atoms with E-state index in [0.29, 0.717) is 5.92 Å².